The topological polar surface area (TPSA) is 50.2 Å². The number of aromatic nitrogens is 1. The third-order valence-corrected chi connectivity index (χ3v) is 2.73. The molecule has 3 nitrogen and oxygen atoms in total. The highest BCUT2D eigenvalue weighted by Crippen LogP contribution is 2.49. The molecule has 2 rings (SSSR count). The van der Waals surface area contributed by atoms with Crippen LogP contribution >= 0.6 is 0 Å². The average Bonchev–Trinajstić information content (AvgIpc) is 2.90. The number of nitrogens with zero attached hydrogens (tertiary/aromatic N) is 1. The molecule has 0 amide bonds. The first-order chi connectivity index (χ1) is 6.56. The van der Waals surface area contributed by atoms with Crippen molar-refractivity contribution in [3.8, 4) is 0 Å². The molecular weight excluding hydrogens is 185 g/mol. The van der Waals surface area contributed by atoms with E-state index in [2.05, 4.69) is 4.98 Å². The van der Waals surface area contributed by atoms with Crippen LogP contribution in [0.3, 0.4) is 0 Å². The van der Waals surface area contributed by atoms with E-state index in [9.17, 15) is 9.18 Å². The van der Waals surface area contributed by atoms with Crippen molar-refractivity contribution < 1.29 is 14.3 Å². The molecular formula is C10H10FNO2. The predicted molar refractivity (Wildman–Crippen MR) is 47.5 cm³/mol. The van der Waals surface area contributed by atoms with Gasteiger partial charge in [0.25, 0.3) is 0 Å². The van der Waals surface area contributed by atoms with Crippen molar-refractivity contribution in [3.63, 3.8) is 0 Å². The zero-order chi connectivity index (χ0) is 10.3. The summed E-state index contributed by atoms with van der Waals surface area (Å²) in [6.45, 7) is 1.71. The minimum Gasteiger partial charge on any atom is -0.481 e. The molecule has 4 heteroatoms. The van der Waals surface area contributed by atoms with Crippen molar-refractivity contribution in [2.24, 2.45) is 0 Å². The van der Waals surface area contributed by atoms with Gasteiger partial charge in [0.15, 0.2) is 0 Å². The minimum atomic E-state index is -0.881. The average molecular weight is 195 g/mol. The van der Waals surface area contributed by atoms with Crippen molar-refractivity contribution in [2.75, 3.05) is 0 Å². The molecule has 0 saturated heterocycles. The van der Waals surface area contributed by atoms with Crippen molar-refractivity contribution in [1.82, 2.24) is 4.98 Å². The van der Waals surface area contributed by atoms with Gasteiger partial charge in [0.2, 0.25) is 0 Å². The Kier molecular flexibility index (Phi) is 1.80. The zero-order valence-electron chi connectivity index (χ0n) is 7.75. The fourth-order valence-electron chi connectivity index (χ4n) is 1.72. The SMILES string of the molecule is Cc1ncc(F)cc1C1(C(=O)O)CC1. The van der Waals surface area contributed by atoms with Gasteiger partial charge in [-0.25, -0.2) is 4.39 Å². The zero-order valence-corrected chi connectivity index (χ0v) is 7.75. The molecule has 1 aromatic heterocycles. The van der Waals surface area contributed by atoms with Crippen LogP contribution < -0.4 is 0 Å². The maximum absolute atomic E-state index is 12.9. The van der Waals surface area contributed by atoms with Crippen molar-refractivity contribution in [3.05, 3.63) is 29.3 Å². The number of aliphatic carboxylic acids is 1. The van der Waals surface area contributed by atoms with Gasteiger partial charge < -0.3 is 5.11 Å². The molecule has 1 aromatic rings. The highest BCUT2D eigenvalue weighted by atomic mass is 19.1. The molecule has 14 heavy (non-hydrogen) atoms. The third kappa shape index (κ3) is 1.18. The number of pyridine rings is 1. The highest BCUT2D eigenvalue weighted by molar-refractivity contribution is 5.85. The molecule has 0 atom stereocenters. The summed E-state index contributed by atoms with van der Waals surface area (Å²) >= 11 is 0. The number of hydrogen-bond donors (Lipinski definition) is 1. The van der Waals surface area contributed by atoms with Gasteiger partial charge in [0, 0.05) is 5.69 Å². The van der Waals surface area contributed by atoms with Crippen LogP contribution in [0.5, 0.6) is 0 Å². The van der Waals surface area contributed by atoms with E-state index in [0.717, 1.165) is 6.20 Å². The lowest BCUT2D eigenvalue weighted by Gasteiger charge is -2.12. The molecule has 74 valence electrons. The van der Waals surface area contributed by atoms with Gasteiger partial charge in [0.05, 0.1) is 11.6 Å². The van der Waals surface area contributed by atoms with E-state index in [-0.39, 0.29) is 0 Å². The maximum Gasteiger partial charge on any atom is 0.314 e. The van der Waals surface area contributed by atoms with Crippen LogP contribution in [0.15, 0.2) is 12.3 Å². The summed E-state index contributed by atoms with van der Waals surface area (Å²) in [5.41, 5.74) is 0.260. The first-order valence-electron chi connectivity index (χ1n) is 4.42. The summed E-state index contributed by atoms with van der Waals surface area (Å²) in [6, 6.07) is 1.28. The number of hydrogen-bond acceptors (Lipinski definition) is 2. The molecule has 0 spiro atoms. The Bertz CT molecular complexity index is 399. The second-order valence-electron chi connectivity index (χ2n) is 3.67. The predicted octanol–water partition coefficient (Wildman–Crippen LogP) is 1.65. The van der Waals surface area contributed by atoms with E-state index < -0.39 is 17.2 Å². The monoisotopic (exact) mass is 195 g/mol. The Labute approximate surface area is 80.6 Å². The molecule has 0 bridgehead atoms. The molecule has 0 aliphatic heterocycles. The lowest BCUT2D eigenvalue weighted by molar-refractivity contribution is -0.140. The number of halogens is 1. The van der Waals surface area contributed by atoms with Crippen LogP contribution in [0, 0.1) is 12.7 Å². The fraction of sp³-hybridized carbons (Fsp3) is 0.400. The number of carboxylic acids is 1. The van der Waals surface area contributed by atoms with Crippen LogP contribution in [0.2, 0.25) is 0 Å². The number of carbonyl (C=O) groups is 1. The molecule has 1 aliphatic rings. The van der Waals surface area contributed by atoms with E-state index in [1.807, 2.05) is 0 Å². The van der Waals surface area contributed by atoms with Gasteiger partial charge in [-0.2, -0.15) is 0 Å². The van der Waals surface area contributed by atoms with Crippen molar-refractivity contribution >= 4 is 5.97 Å². The van der Waals surface area contributed by atoms with Crippen molar-refractivity contribution in [1.29, 1.82) is 0 Å². The van der Waals surface area contributed by atoms with Crippen LogP contribution in [0.1, 0.15) is 24.1 Å². The van der Waals surface area contributed by atoms with Crippen LogP contribution in [-0.2, 0) is 10.2 Å². The van der Waals surface area contributed by atoms with Gasteiger partial charge in [-0.15, -0.1) is 0 Å². The summed E-state index contributed by atoms with van der Waals surface area (Å²) in [7, 11) is 0. The number of rotatable bonds is 2. The smallest absolute Gasteiger partial charge is 0.314 e. The van der Waals surface area contributed by atoms with E-state index in [1.165, 1.54) is 6.07 Å². The normalized spacial score (nSPS) is 17.9. The molecule has 1 heterocycles. The Morgan fingerprint density at radius 1 is 1.64 bits per heavy atom. The van der Waals surface area contributed by atoms with E-state index in [4.69, 9.17) is 5.11 Å². The summed E-state index contributed by atoms with van der Waals surface area (Å²) in [5, 5.41) is 9.02. The first kappa shape index (κ1) is 9.12. The van der Waals surface area contributed by atoms with Gasteiger partial charge >= 0.3 is 5.97 Å². The van der Waals surface area contributed by atoms with Gasteiger partial charge in [0.1, 0.15) is 5.82 Å². The quantitative estimate of drug-likeness (QED) is 0.780. The van der Waals surface area contributed by atoms with Gasteiger partial charge in [-0.1, -0.05) is 0 Å². The maximum atomic E-state index is 12.9. The van der Waals surface area contributed by atoms with Crippen LogP contribution in [0.4, 0.5) is 4.39 Å². The van der Waals surface area contributed by atoms with E-state index >= 15 is 0 Å². The molecule has 1 saturated carbocycles. The third-order valence-electron chi connectivity index (χ3n) is 2.73. The number of aryl methyl sites for hydroxylation is 1. The Morgan fingerprint density at radius 2 is 2.29 bits per heavy atom. The fourth-order valence-corrected chi connectivity index (χ4v) is 1.72. The Balaban J connectivity index is 2.51. The van der Waals surface area contributed by atoms with E-state index in [1.54, 1.807) is 6.92 Å². The Hall–Kier alpha value is -1.45. The summed E-state index contributed by atoms with van der Waals surface area (Å²) in [5.74, 6) is -1.36. The van der Waals surface area contributed by atoms with Gasteiger partial charge in [-0.05, 0) is 31.4 Å². The summed E-state index contributed by atoms with van der Waals surface area (Å²) < 4.78 is 12.9. The molecule has 0 aromatic carbocycles. The molecule has 0 unspecified atom stereocenters. The molecule has 1 N–H and O–H groups in total. The van der Waals surface area contributed by atoms with E-state index in [0.29, 0.717) is 24.1 Å². The van der Waals surface area contributed by atoms with Crippen LogP contribution in [0.25, 0.3) is 0 Å². The minimum absolute atomic E-state index is 0.474. The molecule has 0 radical (unpaired) electrons. The largest absolute Gasteiger partial charge is 0.481 e. The standard InChI is InChI=1S/C10H10FNO2/c1-6-8(4-7(11)5-12-6)10(2-3-10)9(13)14/h4-5H,2-3H2,1H3,(H,13,14). The molecule has 1 aliphatic carbocycles. The highest BCUT2D eigenvalue weighted by Gasteiger charge is 2.52. The second kappa shape index (κ2) is 2.77. The molecule has 1 fully saturated rings. The van der Waals surface area contributed by atoms with Crippen molar-refractivity contribution in [2.45, 2.75) is 25.2 Å². The number of carboxylic acid groups (broad SMARTS) is 1. The van der Waals surface area contributed by atoms with Gasteiger partial charge in [-0.3, -0.25) is 9.78 Å². The lowest BCUT2D eigenvalue weighted by Crippen LogP contribution is -2.21. The summed E-state index contributed by atoms with van der Waals surface area (Å²) in [4.78, 5) is 14.8. The van der Waals surface area contributed by atoms with Crippen LogP contribution in [-0.4, -0.2) is 16.1 Å². The lowest BCUT2D eigenvalue weighted by atomic mass is 9.95. The second-order valence-corrected chi connectivity index (χ2v) is 3.67. The summed E-state index contributed by atoms with van der Waals surface area (Å²) in [6.07, 6.45) is 2.26. The Morgan fingerprint density at radius 3 is 2.79 bits per heavy atom. The first-order valence-corrected chi connectivity index (χ1v) is 4.42.